The normalized spacial score (nSPS) is 17.6. The molecule has 0 bridgehead atoms. The lowest BCUT2D eigenvalue weighted by Gasteiger charge is -2.22. The van der Waals surface area contributed by atoms with E-state index in [2.05, 4.69) is 4.98 Å². The molecule has 1 fully saturated rings. The number of ether oxygens (including phenoxy) is 1. The molecule has 1 unspecified atom stereocenters. The first kappa shape index (κ1) is 18.9. The van der Waals surface area contributed by atoms with Gasteiger partial charge < -0.3 is 9.30 Å². The number of aryl methyl sites for hydroxylation is 2. The van der Waals surface area contributed by atoms with E-state index in [4.69, 9.17) is 4.74 Å². The molecule has 0 aromatic carbocycles. The number of hydrogen-bond acceptors (Lipinski definition) is 5. The molecule has 4 heterocycles. The second kappa shape index (κ2) is 6.84. The molecule has 0 radical (unpaired) electrons. The minimum absolute atomic E-state index is 0.0591. The van der Waals surface area contributed by atoms with Gasteiger partial charge in [-0.2, -0.15) is 4.31 Å². The van der Waals surface area contributed by atoms with Gasteiger partial charge >= 0.3 is 0 Å². The minimum atomic E-state index is -3.73. The molecule has 1 aliphatic rings. The molecule has 3 aromatic rings. The van der Waals surface area contributed by atoms with Crippen molar-refractivity contribution in [2.75, 3.05) is 20.3 Å². The highest BCUT2D eigenvalue weighted by molar-refractivity contribution is 7.89. The maximum absolute atomic E-state index is 13.2. The number of pyridine rings is 2. The first-order chi connectivity index (χ1) is 13.3. The largest absolute Gasteiger partial charge is 0.380 e. The van der Waals surface area contributed by atoms with E-state index in [9.17, 15) is 13.2 Å². The zero-order valence-electron chi connectivity index (χ0n) is 16.0. The molecule has 4 rings (SSSR count). The number of rotatable bonds is 4. The predicted octanol–water partition coefficient (Wildman–Crippen LogP) is 1.42. The highest BCUT2D eigenvalue weighted by Crippen LogP contribution is 2.25. The molecule has 0 spiro atoms. The van der Waals surface area contributed by atoms with Crippen molar-refractivity contribution >= 4 is 15.7 Å². The lowest BCUT2D eigenvalue weighted by atomic mass is 10.1. The molecule has 9 heteroatoms. The van der Waals surface area contributed by atoms with Crippen LogP contribution in [0.15, 0.2) is 46.6 Å². The van der Waals surface area contributed by atoms with Crippen LogP contribution < -0.4 is 5.56 Å². The first-order valence-corrected chi connectivity index (χ1v) is 10.4. The van der Waals surface area contributed by atoms with Crippen LogP contribution in [0.2, 0.25) is 0 Å². The number of hydrogen-bond donors (Lipinski definition) is 0. The third kappa shape index (κ3) is 3.05. The van der Waals surface area contributed by atoms with Gasteiger partial charge in [-0.05, 0) is 42.7 Å². The summed E-state index contributed by atoms with van der Waals surface area (Å²) in [6, 6.07) is 5.27. The fraction of sp³-hybridized carbons (Fsp3) is 0.368. The number of fused-ring (bicyclic) bond motifs is 1. The third-order valence-corrected chi connectivity index (χ3v) is 7.12. The number of likely N-dealkylation sites (N-methyl/N-ethyl adjacent to an activating group) is 1. The number of sulfonamides is 1. The standard InChI is InChI=1S/C19H22N4O4S/c1-13-8-15(10-21(2)19(13)24)14-4-5-17-20-9-18(23(17)11-14)28(25,26)22(3)16-6-7-27-12-16/h4-5,8-11,16H,6-7,12H2,1-3H3. The van der Waals surface area contributed by atoms with E-state index in [1.165, 1.54) is 15.1 Å². The van der Waals surface area contributed by atoms with Gasteiger partial charge in [0, 0.05) is 38.7 Å². The summed E-state index contributed by atoms with van der Waals surface area (Å²) in [4.78, 5) is 16.2. The SMILES string of the molecule is Cc1cc(-c2ccc3ncc(S(=O)(=O)N(C)C4CCOC4)n3c2)cn(C)c1=O. The Hall–Kier alpha value is -2.49. The van der Waals surface area contributed by atoms with Crippen LogP contribution in [0.1, 0.15) is 12.0 Å². The number of imidazole rings is 1. The minimum Gasteiger partial charge on any atom is -0.380 e. The Kier molecular flexibility index (Phi) is 4.60. The molecule has 8 nitrogen and oxygen atoms in total. The second-order valence-corrected chi connectivity index (χ2v) is 9.05. The summed E-state index contributed by atoms with van der Waals surface area (Å²) in [7, 11) is -0.454. The van der Waals surface area contributed by atoms with Gasteiger partial charge in [-0.15, -0.1) is 0 Å². The van der Waals surface area contributed by atoms with Gasteiger partial charge in [0.25, 0.3) is 15.6 Å². The summed E-state index contributed by atoms with van der Waals surface area (Å²) in [5, 5.41) is 0.111. The molecular weight excluding hydrogens is 380 g/mol. The van der Waals surface area contributed by atoms with Gasteiger partial charge in [0.15, 0.2) is 5.03 Å². The van der Waals surface area contributed by atoms with Crippen molar-refractivity contribution in [1.29, 1.82) is 0 Å². The van der Waals surface area contributed by atoms with Gasteiger partial charge in [-0.1, -0.05) is 0 Å². The second-order valence-electron chi connectivity index (χ2n) is 7.11. The fourth-order valence-corrected chi connectivity index (χ4v) is 4.94. The van der Waals surface area contributed by atoms with Gasteiger partial charge in [-0.3, -0.25) is 9.20 Å². The molecule has 0 amide bonds. The van der Waals surface area contributed by atoms with Crippen LogP contribution in [0.5, 0.6) is 0 Å². The van der Waals surface area contributed by atoms with E-state index in [0.717, 1.165) is 11.1 Å². The predicted molar refractivity (Wildman–Crippen MR) is 105 cm³/mol. The molecule has 1 aliphatic heterocycles. The summed E-state index contributed by atoms with van der Waals surface area (Å²) in [6.45, 7) is 2.72. The molecule has 148 valence electrons. The van der Waals surface area contributed by atoms with Crippen LogP contribution in [-0.4, -0.2) is 53.0 Å². The molecule has 3 aromatic heterocycles. The molecule has 0 N–H and O–H groups in total. The molecule has 0 aliphatic carbocycles. The van der Waals surface area contributed by atoms with Crippen molar-refractivity contribution < 1.29 is 13.2 Å². The average Bonchev–Trinajstić information content (AvgIpc) is 3.34. The Bertz CT molecular complexity index is 1180. The molecule has 0 saturated carbocycles. The van der Waals surface area contributed by atoms with Crippen LogP contribution in [0.25, 0.3) is 16.8 Å². The number of aromatic nitrogens is 3. The van der Waals surface area contributed by atoms with Gasteiger partial charge in [-0.25, -0.2) is 13.4 Å². The summed E-state index contributed by atoms with van der Waals surface area (Å²) >= 11 is 0. The highest BCUT2D eigenvalue weighted by Gasteiger charge is 2.32. The van der Waals surface area contributed by atoms with Gasteiger partial charge in [0.1, 0.15) is 5.65 Å². The van der Waals surface area contributed by atoms with Crippen molar-refractivity contribution in [1.82, 2.24) is 18.3 Å². The number of nitrogens with zero attached hydrogens (tertiary/aromatic N) is 4. The van der Waals surface area contributed by atoms with E-state index in [1.54, 1.807) is 49.9 Å². The fourth-order valence-electron chi connectivity index (χ4n) is 3.51. The van der Waals surface area contributed by atoms with Crippen LogP contribution in [0, 0.1) is 6.92 Å². The lowest BCUT2D eigenvalue weighted by molar-refractivity contribution is 0.180. The third-order valence-electron chi connectivity index (χ3n) is 5.23. The monoisotopic (exact) mass is 402 g/mol. The summed E-state index contributed by atoms with van der Waals surface area (Å²) in [6.07, 6.45) is 5.54. The van der Waals surface area contributed by atoms with Crippen LogP contribution in [-0.2, 0) is 21.8 Å². The zero-order chi connectivity index (χ0) is 20.1. The van der Waals surface area contributed by atoms with E-state index >= 15 is 0 Å². The molecule has 1 atom stereocenters. The summed E-state index contributed by atoms with van der Waals surface area (Å²) in [5.41, 5.74) is 2.74. The Morgan fingerprint density at radius 3 is 2.71 bits per heavy atom. The van der Waals surface area contributed by atoms with Crippen LogP contribution in [0.3, 0.4) is 0 Å². The Morgan fingerprint density at radius 2 is 2.04 bits per heavy atom. The highest BCUT2D eigenvalue weighted by atomic mass is 32.2. The molecular formula is C19H22N4O4S. The van der Waals surface area contributed by atoms with E-state index in [1.807, 2.05) is 6.07 Å². The topological polar surface area (TPSA) is 85.9 Å². The summed E-state index contributed by atoms with van der Waals surface area (Å²) in [5.74, 6) is 0. The average molecular weight is 402 g/mol. The molecule has 1 saturated heterocycles. The van der Waals surface area contributed by atoms with E-state index < -0.39 is 10.0 Å². The maximum Gasteiger partial charge on any atom is 0.260 e. The van der Waals surface area contributed by atoms with Gasteiger partial charge in [0.2, 0.25) is 0 Å². The van der Waals surface area contributed by atoms with Crippen molar-refractivity contribution in [3.63, 3.8) is 0 Å². The Balaban J connectivity index is 1.82. The smallest absolute Gasteiger partial charge is 0.260 e. The maximum atomic E-state index is 13.2. The van der Waals surface area contributed by atoms with Crippen LogP contribution >= 0.6 is 0 Å². The quantitative estimate of drug-likeness (QED) is 0.659. The van der Waals surface area contributed by atoms with Crippen LogP contribution in [0.4, 0.5) is 0 Å². The van der Waals surface area contributed by atoms with E-state index in [-0.39, 0.29) is 16.6 Å². The van der Waals surface area contributed by atoms with Gasteiger partial charge in [0.05, 0.1) is 18.8 Å². The Morgan fingerprint density at radius 1 is 1.25 bits per heavy atom. The molecule has 28 heavy (non-hydrogen) atoms. The van der Waals surface area contributed by atoms with Crippen molar-refractivity contribution in [2.45, 2.75) is 24.4 Å². The zero-order valence-corrected chi connectivity index (χ0v) is 16.8. The summed E-state index contributed by atoms with van der Waals surface area (Å²) < 4.78 is 36.1. The lowest BCUT2D eigenvalue weighted by Crippen LogP contribution is -2.37. The van der Waals surface area contributed by atoms with Crippen molar-refractivity contribution in [2.24, 2.45) is 7.05 Å². The Labute approximate surface area is 163 Å². The first-order valence-electron chi connectivity index (χ1n) is 8.99. The van der Waals surface area contributed by atoms with E-state index in [0.29, 0.717) is 30.8 Å². The van der Waals surface area contributed by atoms with Crippen molar-refractivity contribution in [3.8, 4) is 11.1 Å². The van der Waals surface area contributed by atoms with Crippen molar-refractivity contribution in [3.05, 3.63) is 52.7 Å².